The molecule has 0 N–H and O–H groups in total. The lowest BCUT2D eigenvalue weighted by Crippen LogP contribution is -1.99. The number of hydrogen-bond acceptors (Lipinski definition) is 3. The molecule has 0 aliphatic carbocycles. The van der Waals surface area contributed by atoms with Gasteiger partial charge in [0, 0.05) is 21.0 Å². The third-order valence-corrected chi connectivity index (χ3v) is 6.15. The molecule has 0 bridgehead atoms. The Hall–Kier alpha value is -3.50. The van der Waals surface area contributed by atoms with Crippen molar-refractivity contribution < 1.29 is 0 Å². The van der Waals surface area contributed by atoms with Crippen LogP contribution < -0.4 is 0 Å². The van der Waals surface area contributed by atoms with E-state index in [2.05, 4.69) is 80.8 Å². The molecule has 3 heterocycles. The molecule has 0 spiro atoms. The number of aromatic nitrogens is 3. The molecular formula is C24H15N3S. The van der Waals surface area contributed by atoms with Crippen molar-refractivity contribution in [3.8, 4) is 17.1 Å². The van der Waals surface area contributed by atoms with Gasteiger partial charge in [-0.25, -0.2) is 0 Å². The molecule has 0 saturated heterocycles. The number of thiophene rings is 1. The van der Waals surface area contributed by atoms with Crippen LogP contribution in [0.1, 0.15) is 0 Å². The van der Waals surface area contributed by atoms with Gasteiger partial charge >= 0.3 is 0 Å². The molecule has 28 heavy (non-hydrogen) atoms. The van der Waals surface area contributed by atoms with Crippen LogP contribution in [0.5, 0.6) is 0 Å². The first-order valence-corrected chi connectivity index (χ1v) is 10.1. The Morgan fingerprint density at radius 3 is 2.39 bits per heavy atom. The van der Waals surface area contributed by atoms with Gasteiger partial charge in [0.05, 0.1) is 16.7 Å². The fraction of sp³-hybridized carbons (Fsp3) is 0. The highest BCUT2D eigenvalue weighted by Crippen LogP contribution is 2.38. The standard InChI is InChI=1S/C24H15N3S/c1-2-6-16(7-3-1)19-11-13-22(26-25-19)27-20-9-5-4-8-18(20)23-21(27)12-10-17-14-15-28-24(17)23/h1-15H. The summed E-state index contributed by atoms with van der Waals surface area (Å²) in [7, 11) is 0. The predicted octanol–water partition coefficient (Wildman–Crippen LogP) is 6.46. The monoisotopic (exact) mass is 377 g/mol. The van der Waals surface area contributed by atoms with E-state index in [1.807, 2.05) is 24.3 Å². The summed E-state index contributed by atoms with van der Waals surface area (Å²) >= 11 is 1.79. The highest BCUT2D eigenvalue weighted by molar-refractivity contribution is 7.18. The van der Waals surface area contributed by atoms with Gasteiger partial charge in [-0.3, -0.25) is 4.57 Å². The van der Waals surface area contributed by atoms with Crippen LogP contribution in [0, 0.1) is 0 Å². The van der Waals surface area contributed by atoms with E-state index in [1.165, 1.54) is 20.9 Å². The molecule has 0 saturated carbocycles. The average molecular weight is 377 g/mol. The Balaban J connectivity index is 1.63. The molecule has 0 amide bonds. The SMILES string of the molecule is c1ccc(-c2ccc(-n3c4ccccc4c4c5sccc5ccc43)nn2)cc1. The van der Waals surface area contributed by atoms with Crippen LogP contribution in [0.4, 0.5) is 0 Å². The molecule has 0 aliphatic heterocycles. The molecule has 0 unspecified atom stereocenters. The first-order chi connectivity index (χ1) is 13.9. The largest absolute Gasteiger partial charge is 0.292 e. The third-order valence-electron chi connectivity index (χ3n) is 5.20. The highest BCUT2D eigenvalue weighted by Gasteiger charge is 2.16. The summed E-state index contributed by atoms with van der Waals surface area (Å²) in [6.07, 6.45) is 0. The molecule has 0 aliphatic rings. The zero-order valence-corrected chi connectivity index (χ0v) is 15.7. The van der Waals surface area contributed by atoms with Gasteiger partial charge in [-0.2, -0.15) is 0 Å². The van der Waals surface area contributed by atoms with Crippen molar-refractivity contribution in [2.75, 3.05) is 0 Å². The summed E-state index contributed by atoms with van der Waals surface area (Å²) in [5.41, 5.74) is 4.27. The van der Waals surface area contributed by atoms with Crippen molar-refractivity contribution in [2.45, 2.75) is 0 Å². The minimum Gasteiger partial charge on any atom is -0.292 e. The second-order valence-corrected chi connectivity index (χ2v) is 7.71. The maximum absolute atomic E-state index is 4.58. The molecule has 0 fully saturated rings. The zero-order chi connectivity index (χ0) is 18.5. The molecule has 132 valence electrons. The van der Waals surface area contributed by atoms with E-state index in [0.717, 1.165) is 28.1 Å². The third kappa shape index (κ3) is 2.22. The van der Waals surface area contributed by atoms with Crippen molar-refractivity contribution in [1.82, 2.24) is 14.8 Å². The molecule has 4 heteroatoms. The molecule has 6 aromatic rings. The fourth-order valence-electron chi connectivity index (χ4n) is 3.93. The van der Waals surface area contributed by atoms with E-state index >= 15 is 0 Å². The number of fused-ring (bicyclic) bond motifs is 5. The number of nitrogens with zero attached hydrogens (tertiary/aromatic N) is 3. The fourth-order valence-corrected chi connectivity index (χ4v) is 4.89. The normalized spacial score (nSPS) is 11.6. The van der Waals surface area contributed by atoms with Gasteiger partial charge in [0.1, 0.15) is 0 Å². The van der Waals surface area contributed by atoms with Crippen LogP contribution in [-0.2, 0) is 0 Å². The van der Waals surface area contributed by atoms with Gasteiger partial charge in [0.15, 0.2) is 5.82 Å². The molecule has 3 nitrogen and oxygen atoms in total. The highest BCUT2D eigenvalue weighted by atomic mass is 32.1. The first kappa shape index (κ1) is 15.5. The Labute approximate surface area is 165 Å². The van der Waals surface area contributed by atoms with E-state index in [-0.39, 0.29) is 0 Å². The van der Waals surface area contributed by atoms with E-state index in [0.29, 0.717) is 0 Å². The zero-order valence-electron chi connectivity index (χ0n) is 14.9. The lowest BCUT2D eigenvalue weighted by atomic mass is 10.1. The summed E-state index contributed by atoms with van der Waals surface area (Å²) in [4.78, 5) is 0. The molecule has 3 aromatic heterocycles. The van der Waals surface area contributed by atoms with Gasteiger partial charge in [-0.05, 0) is 41.1 Å². The van der Waals surface area contributed by atoms with Crippen LogP contribution in [-0.4, -0.2) is 14.8 Å². The van der Waals surface area contributed by atoms with E-state index in [9.17, 15) is 0 Å². The lowest BCUT2D eigenvalue weighted by Gasteiger charge is -2.07. The minimum absolute atomic E-state index is 0.835. The Morgan fingerprint density at radius 2 is 1.54 bits per heavy atom. The summed E-state index contributed by atoms with van der Waals surface area (Å²) in [5.74, 6) is 0.835. The number of benzene rings is 3. The van der Waals surface area contributed by atoms with Crippen molar-refractivity contribution in [2.24, 2.45) is 0 Å². The average Bonchev–Trinajstić information content (AvgIpc) is 3.36. The second-order valence-electron chi connectivity index (χ2n) is 6.79. The summed E-state index contributed by atoms with van der Waals surface area (Å²) in [5, 5.41) is 15.1. The van der Waals surface area contributed by atoms with Crippen LogP contribution in [0.2, 0.25) is 0 Å². The van der Waals surface area contributed by atoms with Crippen LogP contribution in [0.15, 0.2) is 90.3 Å². The van der Waals surface area contributed by atoms with E-state index in [4.69, 9.17) is 0 Å². The Bertz CT molecular complexity index is 1440. The van der Waals surface area contributed by atoms with Crippen molar-refractivity contribution in [3.05, 3.63) is 90.3 Å². The van der Waals surface area contributed by atoms with Gasteiger partial charge in [-0.1, -0.05) is 54.6 Å². The van der Waals surface area contributed by atoms with Gasteiger partial charge in [-0.15, -0.1) is 21.5 Å². The molecule has 0 radical (unpaired) electrons. The molecular weight excluding hydrogens is 362 g/mol. The summed E-state index contributed by atoms with van der Waals surface area (Å²) in [6.45, 7) is 0. The maximum atomic E-state index is 4.58. The van der Waals surface area contributed by atoms with E-state index in [1.54, 1.807) is 11.3 Å². The van der Waals surface area contributed by atoms with Crippen LogP contribution >= 0.6 is 11.3 Å². The first-order valence-electron chi connectivity index (χ1n) is 9.19. The molecule has 3 aromatic carbocycles. The summed E-state index contributed by atoms with van der Waals surface area (Å²) < 4.78 is 3.53. The minimum atomic E-state index is 0.835. The van der Waals surface area contributed by atoms with Gasteiger partial charge < -0.3 is 0 Å². The molecule has 6 rings (SSSR count). The van der Waals surface area contributed by atoms with Crippen molar-refractivity contribution in [1.29, 1.82) is 0 Å². The number of hydrogen-bond donors (Lipinski definition) is 0. The van der Waals surface area contributed by atoms with Gasteiger partial charge in [0.25, 0.3) is 0 Å². The Morgan fingerprint density at radius 1 is 0.679 bits per heavy atom. The van der Waals surface area contributed by atoms with E-state index < -0.39 is 0 Å². The predicted molar refractivity (Wildman–Crippen MR) is 117 cm³/mol. The van der Waals surface area contributed by atoms with Crippen LogP contribution in [0.3, 0.4) is 0 Å². The number of para-hydroxylation sites is 1. The Kier molecular flexibility index (Phi) is 3.34. The lowest BCUT2D eigenvalue weighted by molar-refractivity contribution is 0.958. The summed E-state index contributed by atoms with van der Waals surface area (Å²) in [6, 6.07) is 29.3. The quantitative estimate of drug-likeness (QED) is 0.347. The van der Waals surface area contributed by atoms with Gasteiger partial charge in [0.2, 0.25) is 0 Å². The van der Waals surface area contributed by atoms with Crippen molar-refractivity contribution >= 4 is 43.2 Å². The van der Waals surface area contributed by atoms with Crippen molar-refractivity contribution in [3.63, 3.8) is 0 Å². The smallest absolute Gasteiger partial charge is 0.160 e. The molecule has 0 atom stereocenters. The number of rotatable bonds is 2. The van der Waals surface area contributed by atoms with Crippen LogP contribution in [0.25, 0.3) is 49.0 Å². The topological polar surface area (TPSA) is 30.7 Å². The second kappa shape index (κ2) is 6.01. The maximum Gasteiger partial charge on any atom is 0.160 e.